The summed E-state index contributed by atoms with van der Waals surface area (Å²) in [5.41, 5.74) is 0. The molecule has 0 radical (unpaired) electrons. The van der Waals surface area contributed by atoms with E-state index in [1.54, 1.807) is 12.2 Å². The summed E-state index contributed by atoms with van der Waals surface area (Å²) in [6, 6.07) is 0. The standard InChI is InChI=1S/C22H32O3/c1-2-3-4-5-12-15-18-21(23)19-16-13-10-8-6-7-9-11-14-17-20-22(24)25/h6-11,13-14,16-17,19-21,23H,2-5,12,15,18H2,1H3,(H,24,25)/b8-6+,9-7-,13-10-,14-11-,19-16+,20-17+. The van der Waals surface area contributed by atoms with Crippen LogP contribution in [-0.2, 0) is 4.79 Å². The fourth-order valence-corrected chi connectivity index (χ4v) is 2.07. The summed E-state index contributed by atoms with van der Waals surface area (Å²) in [7, 11) is 0. The summed E-state index contributed by atoms with van der Waals surface area (Å²) in [5.74, 6) is -0.955. The number of hydrogen-bond donors (Lipinski definition) is 2. The normalized spacial score (nSPS) is 14.3. The van der Waals surface area contributed by atoms with Crippen molar-refractivity contribution in [2.45, 2.75) is 58.0 Å². The molecule has 0 saturated heterocycles. The van der Waals surface area contributed by atoms with E-state index in [9.17, 15) is 9.90 Å². The van der Waals surface area contributed by atoms with Crippen molar-refractivity contribution >= 4 is 5.97 Å². The van der Waals surface area contributed by atoms with Gasteiger partial charge in [-0.15, -0.1) is 0 Å². The number of aliphatic carboxylic acids is 1. The fourth-order valence-electron chi connectivity index (χ4n) is 2.07. The summed E-state index contributed by atoms with van der Waals surface area (Å²) >= 11 is 0. The van der Waals surface area contributed by atoms with Gasteiger partial charge in [-0.05, 0) is 6.42 Å². The second-order valence-corrected chi connectivity index (χ2v) is 5.75. The number of carboxylic acids is 1. The average Bonchev–Trinajstić information content (AvgIpc) is 2.58. The maximum atomic E-state index is 10.2. The van der Waals surface area contributed by atoms with E-state index in [2.05, 4.69) is 6.92 Å². The summed E-state index contributed by atoms with van der Waals surface area (Å²) < 4.78 is 0. The average molecular weight is 344 g/mol. The third-order valence-electron chi connectivity index (χ3n) is 3.43. The first-order valence-electron chi connectivity index (χ1n) is 9.09. The number of allylic oxidation sites excluding steroid dienone is 10. The minimum atomic E-state index is -0.955. The molecule has 0 rings (SSSR count). The number of aliphatic hydroxyl groups is 1. The van der Waals surface area contributed by atoms with Crippen molar-refractivity contribution in [2.75, 3.05) is 0 Å². The lowest BCUT2D eigenvalue weighted by Gasteiger charge is -2.04. The van der Waals surface area contributed by atoms with E-state index >= 15 is 0 Å². The molecule has 0 heterocycles. The number of carboxylic acid groups (broad SMARTS) is 1. The van der Waals surface area contributed by atoms with Gasteiger partial charge in [-0.2, -0.15) is 0 Å². The molecule has 0 aliphatic carbocycles. The second-order valence-electron chi connectivity index (χ2n) is 5.75. The summed E-state index contributed by atoms with van der Waals surface area (Å²) in [4.78, 5) is 10.2. The van der Waals surface area contributed by atoms with Crippen LogP contribution in [0.4, 0.5) is 0 Å². The van der Waals surface area contributed by atoms with Crippen molar-refractivity contribution in [1.29, 1.82) is 0 Å². The van der Waals surface area contributed by atoms with Crippen molar-refractivity contribution in [1.82, 2.24) is 0 Å². The Hall–Kier alpha value is -2.13. The minimum absolute atomic E-state index is 0.358. The molecule has 138 valence electrons. The van der Waals surface area contributed by atoms with Gasteiger partial charge in [0.2, 0.25) is 0 Å². The summed E-state index contributed by atoms with van der Waals surface area (Å²) in [6.45, 7) is 2.22. The van der Waals surface area contributed by atoms with Crippen LogP contribution in [-0.4, -0.2) is 22.3 Å². The molecule has 0 fully saturated rings. The van der Waals surface area contributed by atoms with Gasteiger partial charge in [0, 0.05) is 6.08 Å². The van der Waals surface area contributed by atoms with Gasteiger partial charge in [0.05, 0.1) is 6.10 Å². The number of hydrogen-bond acceptors (Lipinski definition) is 2. The molecule has 0 saturated carbocycles. The Morgan fingerprint density at radius 2 is 1.24 bits per heavy atom. The van der Waals surface area contributed by atoms with E-state index < -0.39 is 5.97 Å². The van der Waals surface area contributed by atoms with Gasteiger partial charge in [-0.25, -0.2) is 4.79 Å². The highest BCUT2D eigenvalue weighted by molar-refractivity contribution is 5.80. The topological polar surface area (TPSA) is 57.5 Å². The van der Waals surface area contributed by atoms with Gasteiger partial charge in [0.15, 0.2) is 0 Å². The molecule has 0 aromatic carbocycles. The van der Waals surface area contributed by atoms with Crippen LogP contribution < -0.4 is 0 Å². The molecular weight excluding hydrogens is 312 g/mol. The maximum absolute atomic E-state index is 10.2. The molecule has 0 spiro atoms. The highest BCUT2D eigenvalue weighted by Crippen LogP contribution is 2.09. The van der Waals surface area contributed by atoms with Gasteiger partial charge in [-0.3, -0.25) is 0 Å². The van der Waals surface area contributed by atoms with Crippen molar-refractivity contribution in [2.24, 2.45) is 0 Å². The van der Waals surface area contributed by atoms with Crippen LogP contribution in [0, 0.1) is 0 Å². The first-order valence-corrected chi connectivity index (χ1v) is 9.09. The van der Waals surface area contributed by atoms with Crippen LogP contribution >= 0.6 is 0 Å². The Labute approximate surface area is 152 Å². The lowest BCUT2D eigenvalue weighted by Crippen LogP contribution is -2.01. The Morgan fingerprint density at radius 3 is 1.80 bits per heavy atom. The summed E-state index contributed by atoms with van der Waals surface area (Å²) in [6.07, 6.45) is 28.8. The first kappa shape index (κ1) is 22.9. The Morgan fingerprint density at radius 1 is 0.760 bits per heavy atom. The van der Waals surface area contributed by atoms with Gasteiger partial charge in [0.1, 0.15) is 0 Å². The third-order valence-corrected chi connectivity index (χ3v) is 3.43. The molecule has 0 bridgehead atoms. The van der Waals surface area contributed by atoms with E-state index in [1.807, 2.05) is 48.6 Å². The first-order chi connectivity index (χ1) is 12.2. The summed E-state index contributed by atoms with van der Waals surface area (Å²) in [5, 5.41) is 18.2. The number of rotatable bonds is 14. The highest BCUT2D eigenvalue weighted by Gasteiger charge is 1.97. The van der Waals surface area contributed by atoms with Gasteiger partial charge in [0.25, 0.3) is 0 Å². The van der Waals surface area contributed by atoms with Gasteiger partial charge >= 0.3 is 5.97 Å². The van der Waals surface area contributed by atoms with Crippen LogP contribution in [0.3, 0.4) is 0 Å². The molecule has 1 atom stereocenters. The van der Waals surface area contributed by atoms with Crippen LogP contribution in [0.5, 0.6) is 0 Å². The Bertz CT molecular complexity index is 493. The molecule has 25 heavy (non-hydrogen) atoms. The zero-order chi connectivity index (χ0) is 18.6. The molecule has 0 aromatic rings. The molecule has 0 aliphatic heterocycles. The van der Waals surface area contributed by atoms with Crippen LogP contribution in [0.25, 0.3) is 0 Å². The fraction of sp³-hybridized carbons (Fsp3) is 0.409. The van der Waals surface area contributed by atoms with Gasteiger partial charge < -0.3 is 10.2 Å². The SMILES string of the molecule is CCCCCCCCC(O)/C=C/C=C\C=C\C=C/C=C\C=C\C(=O)O. The van der Waals surface area contributed by atoms with Crippen molar-refractivity contribution in [3.63, 3.8) is 0 Å². The Kier molecular flexibility index (Phi) is 16.7. The number of unbranched alkanes of at least 4 members (excludes halogenated alkanes) is 5. The molecule has 3 nitrogen and oxygen atoms in total. The molecule has 2 N–H and O–H groups in total. The molecule has 0 amide bonds. The highest BCUT2D eigenvalue weighted by atomic mass is 16.4. The second kappa shape index (κ2) is 18.2. The molecule has 0 aliphatic rings. The zero-order valence-corrected chi connectivity index (χ0v) is 15.3. The van der Waals surface area contributed by atoms with Crippen LogP contribution in [0.1, 0.15) is 51.9 Å². The smallest absolute Gasteiger partial charge is 0.328 e. The lowest BCUT2D eigenvalue weighted by atomic mass is 10.1. The number of carbonyl (C=O) groups is 1. The van der Waals surface area contributed by atoms with E-state index in [1.165, 1.54) is 38.2 Å². The monoisotopic (exact) mass is 344 g/mol. The largest absolute Gasteiger partial charge is 0.478 e. The van der Waals surface area contributed by atoms with E-state index in [-0.39, 0.29) is 6.10 Å². The van der Waals surface area contributed by atoms with Crippen LogP contribution in [0.15, 0.2) is 72.9 Å². The predicted molar refractivity (Wildman–Crippen MR) is 106 cm³/mol. The van der Waals surface area contributed by atoms with Crippen molar-refractivity contribution in [3.8, 4) is 0 Å². The van der Waals surface area contributed by atoms with E-state index in [4.69, 9.17) is 5.11 Å². The van der Waals surface area contributed by atoms with Crippen molar-refractivity contribution in [3.05, 3.63) is 72.9 Å². The predicted octanol–water partition coefficient (Wildman–Crippen LogP) is 5.52. The maximum Gasteiger partial charge on any atom is 0.328 e. The third kappa shape index (κ3) is 19.8. The van der Waals surface area contributed by atoms with Crippen molar-refractivity contribution < 1.29 is 15.0 Å². The molecule has 3 heteroatoms. The zero-order valence-electron chi connectivity index (χ0n) is 15.3. The molecule has 1 unspecified atom stereocenters. The van der Waals surface area contributed by atoms with Gasteiger partial charge in [-0.1, -0.05) is 112 Å². The number of aliphatic hydroxyl groups excluding tert-OH is 1. The lowest BCUT2D eigenvalue weighted by molar-refractivity contribution is -0.131. The van der Waals surface area contributed by atoms with E-state index in [0.29, 0.717) is 0 Å². The Balaban J connectivity index is 3.77. The van der Waals surface area contributed by atoms with Crippen LogP contribution in [0.2, 0.25) is 0 Å². The minimum Gasteiger partial charge on any atom is -0.478 e. The molecule has 0 aromatic heterocycles. The van der Waals surface area contributed by atoms with E-state index in [0.717, 1.165) is 18.9 Å². The molecular formula is C22H32O3. The quantitative estimate of drug-likeness (QED) is 0.248.